The maximum Gasteiger partial charge on any atom is 0.267 e. The molecule has 0 saturated carbocycles. The SMILES string of the molecule is CC1CCN(c2ccc(=O)n(CC(=O)Cc3ccc(C(N)=O)cc3)n2)CC1. The summed E-state index contributed by atoms with van der Waals surface area (Å²) < 4.78 is 1.23. The van der Waals surface area contributed by atoms with Gasteiger partial charge in [-0.05, 0) is 42.5 Å². The lowest BCUT2D eigenvalue weighted by molar-refractivity contribution is -0.119. The fourth-order valence-corrected chi connectivity index (χ4v) is 3.20. The molecule has 2 N–H and O–H groups in total. The van der Waals surface area contributed by atoms with E-state index in [-0.39, 0.29) is 24.3 Å². The van der Waals surface area contributed by atoms with Crippen LogP contribution in [0.5, 0.6) is 0 Å². The number of primary amides is 1. The second-order valence-electron chi connectivity index (χ2n) is 7.13. The van der Waals surface area contributed by atoms with Crippen LogP contribution in [0.2, 0.25) is 0 Å². The lowest BCUT2D eigenvalue weighted by atomic mass is 9.99. The summed E-state index contributed by atoms with van der Waals surface area (Å²) >= 11 is 0. The number of nitrogens with two attached hydrogens (primary N) is 1. The van der Waals surface area contributed by atoms with Gasteiger partial charge < -0.3 is 10.6 Å². The van der Waals surface area contributed by atoms with Crippen molar-refractivity contribution in [1.82, 2.24) is 9.78 Å². The highest BCUT2D eigenvalue weighted by atomic mass is 16.1. The molecule has 0 unspecified atom stereocenters. The Morgan fingerprint density at radius 3 is 2.41 bits per heavy atom. The summed E-state index contributed by atoms with van der Waals surface area (Å²) in [6.45, 7) is 3.98. The van der Waals surface area contributed by atoms with Crippen LogP contribution in [0.1, 0.15) is 35.7 Å². The number of hydrogen-bond acceptors (Lipinski definition) is 5. The number of benzene rings is 1. The van der Waals surface area contributed by atoms with Crippen molar-refractivity contribution in [2.75, 3.05) is 18.0 Å². The van der Waals surface area contributed by atoms with Gasteiger partial charge in [0, 0.05) is 31.1 Å². The highest BCUT2D eigenvalue weighted by Gasteiger charge is 2.18. The Bertz CT molecular complexity index is 881. The molecule has 142 valence electrons. The van der Waals surface area contributed by atoms with Crippen molar-refractivity contribution in [3.63, 3.8) is 0 Å². The second kappa shape index (κ2) is 8.16. The first kappa shape index (κ1) is 18.8. The van der Waals surface area contributed by atoms with Gasteiger partial charge in [-0.25, -0.2) is 4.68 Å². The summed E-state index contributed by atoms with van der Waals surface area (Å²) in [7, 11) is 0. The molecule has 7 nitrogen and oxygen atoms in total. The second-order valence-corrected chi connectivity index (χ2v) is 7.13. The Morgan fingerprint density at radius 2 is 1.78 bits per heavy atom. The predicted octanol–water partition coefficient (Wildman–Crippen LogP) is 1.39. The van der Waals surface area contributed by atoms with Crippen molar-refractivity contribution in [3.8, 4) is 0 Å². The van der Waals surface area contributed by atoms with Crippen molar-refractivity contribution in [1.29, 1.82) is 0 Å². The molecule has 7 heteroatoms. The normalized spacial score (nSPS) is 14.9. The van der Waals surface area contributed by atoms with E-state index in [2.05, 4.69) is 16.9 Å². The zero-order valence-electron chi connectivity index (χ0n) is 15.4. The van der Waals surface area contributed by atoms with Crippen molar-refractivity contribution in [3.05, 3.63) is 57.9 Å². The third-order valence-corrected chi connectivity index (χ3v) is 4.93. The van der Waals surface area contributed by atoms with Crippen LogP contribution in [0.4, 0.5) is 5.82 Å². The Labute approximate surface area is 157 Å². The lowest BCUT2D eigenvalue weighted by Crippen LogP contribution is -2.36. The number of hydrogen-bond donors (Lipinski definition) is 1. The van der Waals surface area contributed by atoms with Gasteiger partial charge in [-0.2, -0.15) is 5.10 Å². The Balaban J connectivity index is 1.67. The number of anilines is 1. The van der Waals surface area contributed by atoms with Crippen LogP contribution in [0.15, 0.2) is 41.2 Å². The van der Waals surface area contributed by atoms with Crippen LogP contribution in [-0.2, 0) is 17.8 Å². The van der Waals surface area contributed by atoms with Gasteiger partial charge in [0.1, 0.15) is 12.4 Å². The van der Waals surface area contributed by atoms with E-state index in [0.29, 0.717) is 11.5 Å². The Hall–Kier alpha value is -2.96. The molecule has 0 radical (unpaired) electrons. The maximum absolute atomic E-state index is 12.4. The summed E-state index contributed by atoms with van der Waals surface area (Å²) in [6, 6.07) is 9.76. The van der Waals surface area contributed by atoms with Gasteiger partial charge in [0.15, 0.2) is 5.78 Å². The highest BCUT2D eigenvalue weighted by molar-refractivity contribution is 5.92. The summed E-state index contributed by atoms with van der Waals surface area (Å²) in [5.74, 6) is 0.809. The maximum atomic E-state index is 12.4. The van der Waals surface area contributed by atoms with E-state index in [4.69, 9.17) is 5.73 Å². The molecule has 1 aliphatic rings. The molecule has 3 rings (SSSR count). The Morgan fingerprint density at radius 1 is 1.11 bits per heavy atom. The number of carbonyl (C=O) groups excluding carboxylic acids is 2. The first-order valence-electron chi connectivity index (χ1n) is 9.16. The van der Waals surface area contributed by atoms with Crippen LogP contribution in [0, 0.1) is 5.92 Å². The average Bonchev–Trinajstić information content (AvgIpc) is 2.64. The van der Waals surface area contributed by atoms with Crippen molar-refractivity contribution in [2.24, 2.45) is 11.7 Å². The molecule has 0 spiro atoms. The van der Waals surface area contributed by atoms with E-state index in [0.717, 1.165) is 37.3 Å². The van der Waals surface area contributed by atoms with Crippen LogP contribution in [0.3, 0.4) is 0 Å². The number of Topliss-reactive ketones (excluding diaryl/α,β-unsaturated/α-hetero) is 1. The summed E-state index contributed by atoms with van der Waals surface area (Å²) in [6.07, 6.45) is 2.36. The summed E-state index contributed by atoms with van der Waals surface area (Å²) in [4.78, 5) is 37.7. The molecule has 1 saturated heterocycles. The fourth-order valence-electron chi connectivity index (χ4n) is 3.20. The Kier molecular flexibility index (Phi) is 5.69. The van der Waals surface area contributed by atoms with Gasteiger partial charge >= 0.3 is 0 Å². The van der Waals surface area contributed by atoms with Crippen LogP contribution < -0.4 is 16.2 Å². The van der Waals surface area contributed by atoms with Gasteiger partial charge in [-0.1, -0.05) is 19.1 Å². The molecule has 1 fully saturated rings. The van der Waals surface area contributed by atoms with E-state index < -0.39 is 5.91 Å². The zero-order valence-corrected chi connectivity index (χ0v) is 15.4. The number of nitrogens with zero attached hydrogens (tertiary/aromatic N) is 3. The summed E-state index contributed by atoms with van der Waals surface area (Å²) in [5.41, 5.74) is 6.08. The average molecular weight is 368 g/mol. The van der Waals surface area contributed by atoms with Gasteiger partial charge in [0.2, 0.25) is 5.91 Å². The quantitative estimate of drug-likeness (QED) is 0.831. The molecular weight excluding hydrogens is 344 g/mol. The van der Waals surface area contributed by atoms with Gasteiger partial charge in [-0.15, -0.1) is 0 Å². The molecule has 2 aromatic rings. The predicted molar refractivity (Wildman–Crippen MR) is 103 cm³/mol. The smallest absolute Gasteiger partial charge is 0.267 e. The molecule has 1 aromatic heterocycles. The third-order valence-electron chi connectivity index (χ3n) is 4.93. The minimum atomic E-state index is -0.507. The molecule has 1 amide bonds. The van der Waals surface area contributed by atoms with E-state index in [1.807, 2.05) is 0 Å². The van der Waals surface area contributed by atoms with Crippen LogP contribution in [-0.4, -0.2) is 34.6 Å². The third kappa shape index (κ3) is 4.81. The highest BCUT2D eigenvalue weighted by Crippen LogP contribution is 2.20. The molecule has 1 aliphatic heterocycles. The van der Waals surface area contributed by atoms with Crippen molar-refractivity contribution < 1.29 is 9.59 Å². The molecule has 0 aliphatic carbocycles. The minimum absolute atomic E-state index is 0.0749. The monoisotopic (exact) mass is 368 g/mol. The molecule has 0 atom stereocenters. The number of aromatic nitrogens is 2. The number of carbonyl (C=O) groups is 2. The van der Waals surface area contributed by atoms with Crippen molar-refractivity contribution in [2.45, 2.75) is 32.7 Å². The van der Waals surface area contributed by atoms with E-state index >= 15 is 0 Å². The molecule has 0 bridgehead atoms. The zero-order chi connectivity index (χ0) is 19.4. The number of amides is 1. The number of piperidine rings is 1. The van der Waals surface area contributed by atoms with Gasteiger partial charge in [-0.3, -0.25) is 14.4 Å². The largest absolute Gasteiger partial charge is 0.366 e. The van der Waals surface area contributed by atoms with E-state index in [9.17, 15) is 14.4 Å². The molecule has 1 aromatic carbocycles. The first-order valence-corrected chi connectivity index (χ1v) is 9.16. The molecule has 2 heterocycles. The van der Waals surface area contributed by atoms with Gasteiger partial charge in [0.25, 0.3) is 5.56 Å². The van der Waals surface area contributed by atoms with Crippen LogP contribution in [0.25, 0.3) is 0 Å². The number of rotatable bonds is 6. The minimum Gasteiger partial charge on any atom is -0.366 e. The lowest BCUT2D eigenvalue weighted by Gasteiger charge is -2.31. The standard InChI is InChI=1S/C20H24N4O3/c1-14-8-10-23(11-9-14)18-6-7-19(26)24(22-18)13-17(25)12-15-2-4-16(5-3-15)20(21)27/h2-7,14H,8-13H2,1H3,(H2,21,27). The molecular formula is C20H24N4O3. The summed E-state index contributed by atoms with van der Waals surface area (Å²) in [5, 5.41) is 4.39. The van der Waals surface area contributed by atoms with Crippen molar-refractivity contribution >= 4 is 17.5 Å². The molecule has 27 heavy (non-hydrogen) atoms. The number of ketones is 1. The van der Waals surface area contributed by atoms with E-state index in [1.165, 1.54) is 10.7 Å². The van der Waals surface area contributed by atoms with E-state index in [1.54, 1.807) is 30.3 Å². The fraction of sp³-hybridized carbons (Fsp3) is 0.400. The topological polar surface area (TPSA) is 98.3 Å². The first-order chi connectivity index (χ1) is 12.9. The van der Waals surface area contributed by atoms with Gasteiger partial charge in [0.05, 0.1) is 0 Å². The van der Waals surface area contributed by atoms with Crippen LogP contribution >= 0.6 is 0 Å².